The van der Waals surface area contributed by atoms with Crippen LogP contribution in [0.2, 0.25) is 0 Å². The summed E-state index contributed by atoms with van der Waals surface area (Å²) in [6.45, 7) is 2.57. The van der Waals surface area contributed by atoms with E-state index in [9.17, 15) is 18.0 Å². The van der Waals surface area contributed by atoms with Gasteiger partial charge in [-0.2, -0.15) is 0 Å². The van der Waals surface area contributed by atoms with Crippen LogP contribution in [-0.4, -0.2) is 54.3 Å². The molecular weight excluding hydrogens is 457 g/mol. The lowest BCUT2D eigenvalue weighted by Gasteiger charge is -2.44. The number of hydrogen-bond donors (Lipinski definition) is 1. The number of aromatic amines is 1. The Kier molecular flexibility index (Phi) is 5.81. The molecular formula is C27H27F3N2O3. The topological polar surface area (TPSA) is 54.6 Å². The van der Waals surface area contributed by atoms with Gasteiger partial charge in [-0.05, 0) is 73.1 Å². The first kappa shape index (κ1) is 22.6. The predicted octanol–water partition coefficient (Wildman–Crippen LogP) is 5.15. The van der Waals surface area contributed by atoms with Crippen LogP contribution in [-0.2, 0) is 14.3 Å². The van der Waals surface area contributed by atoms with Gasteiger partial charge in [-0.1, -0.05) is 0 Å². The third-order valence-corrected chi connectivity index (χ3v) is 7.59. The van der Waals surface area contributed by atoms with E-state index in [4.69, 9.17) is 9.47 Å². The van der Waals surface area contributed by atoms with Crippen LogP contribution in [0.5, 0.6) is 0 Å². The van der Waals surface area contributed by atoms with Crippen LogP contribution in [0.25, 0.3) is 22.2 Å². The van der Waals surface area contributed by atoms with E-state index < -0.39 is 11.6 Å². The number of amides is 1. The smallest absolute Gasteiger partial charge is 0.225 e. The number of aromatic nitrogens is 1. The van der Waals surface area contributed by atoms with Crippen molar-refractivity contribution in [2.75, 3.05) is 26.3 Å². The van der Waals surface area contributed by atoms with Crippen molar-refractivity contribution in [3.63, 3.8) is 0 Å². The second-order valence-electron chi connectivity index (χ2n) is 9.93. The molecule has 2 aliphatic heterocycles. The fourth-order valence-electron chi connectivity index (χ4n) is 5.56. The summed E-state index contributed by atoms with van der Waals surface area (Å²) >= 11 is 0. The second kappa shape index (κ2) is 8.99. The monoisotopic (exact) mass is 484 g/mol. The van der Waals surface area contributed by atoms with Crippen LogP contribution < -0.4 is 0 Å². The molecule has 1 unspecified atom stereocenters. The largest absolute Gasteiger partial charge is 0.376 e. The Hall–Kier alpha value is -2.84. The van der Waals surface area contributed by atoms with Crippen molar-refractivity contribution in [2.24, 2.45) is 5.92 Å². The zero-order valence-electron chi connectivity index (χ0n) is 19.2. The van der Waals surface area contributed by atoms with E-state index in [1.165, 1.54) is 18.2 Å². The number of carbonyl (C=O) groups is 1. The van der Waals surface area contributed by atoms with Crippen LogP contribution in [0.1, 0.15) is 37.2 Å². The Balaban J connectivity index is 1.15. The number of halogens is 3. The number of benzene rings is 2. The zero-order valence-corrected chi connectivity index (χ0v) is 19.2. The Labute approximate surface area is 201 Å². The van der Waals surface area contributed by atoms with E-state index >= 15 is 0 Å². The summed E-state index contributed by atoms with van der Waals surface area (Å²) < 4.78 is 53.6. The Morgan fingerprint density at radius 1 is 1.09 bits per heavy atom. The highest BCUT2D eigenvalue weighted by Crippen LogP contribution is 2.49. The Morgan fingerprint density at radius 3 is 2.57 bits per heavy atom. The fraction of sp³-hybridized carbons (Fsp3) is 0.444. The first-order chi connectivity index (χ1) is 17.0. The summed E-state index contributed by atoms with van der Waals surface area (Å²) in [5, 5.41) is 0.476. The maximum absolute atomic E-state index is 14.6. The van der Waals surface area contributed by atoms with Crippen molar-refractivity contribution in [1.82, 2.24) is 9.88 Å². The molecule has 2 saturated heterocycles. The third kappa shape index (κ3) is 4.23. The van der Waals surface area contributed by atoms with Crippen molar-refractivity contribution in [1.29, 1.82) is 0 Å². The first-order valence-electron chi connectivity index (χ1n) is 12.2. The van der Waals surface area contributed by atoms with Gasteiger partial charge in [0.25, 0.3) is 0 Å². The molecule has 1 amide bonds. The molecule has 1 saturated carbocycles. The molecule has 0 radical (unpaired) electrons. The van der Waals surface area contributed by atoms with Gasteiger partial charge in [0, 0.05) is 37.1 Å². The molecule has 3 aliphatic rings. The maximum atomic E-state index is 14.6. The molecule has 2 aromatic carbocycles. The number of hydrogen-bond acceptors (Lipinski definition) is 3. The van der Waals surface area contributed by atoms with Crippen molar-refractivity contribution in [3.8, 4) is 11.3 Å². The van der Waals surface area contributed by atoms with Gasteiger partial charge in [-0.25, -0.2) is 13.2 Å². The van der Waals surface area contributed by atoms with E-state index in [-0.39, 0.29) is 41.3 Å². The lowest BCUT2D eigenvalue weighted by atomic mass is 9.69. The first-order valence-corrected chi connectivity index (χ1v) is 12.2. The molecule has 1 aromatic heterocycles. The van der Waals surface area contributed by atoms with Gasteiger partial charge < -0.3 is 19.4 Å². The molecule has 5 nitrogen and oxygen atoms in total. The second-order valence-corrected chi connectivity index (χ2v) is 9.93. The lowest BCUT2D eigenvalue weighted by Crippen LogP contribution is -2.57. The molecule has 8 heteroatoms. The minimum Gasteiger partial charge on any atom is -0.376 e. The van der Waals surface area contributed by atoms with E-state index in [2.05, 4.69) is 4.98 Å². The Morgan fingerprint density at radius 2 is 1.86 bits per heavy atom. The average molecular weight is 485 g/mol. The quantitative estimate of drug-likeness (QED) is 0.527. The van der Waals surface area contributed by atoms with Gasteiger partial charge in [0.15, 0.2) is 0 Å². The van der Waals surface area contributed by atoms with Gasteiger partial charge in [-0.3, -0.25) is 4.79 Å². The van der Waals surface area contributed by atoms with Crippen molar-refractivity contribution in [3.05, 3.63) is 59.4 Å². The standard InChI is InChI=1S/C27H27F3N2O3/c28-18-5-3-15(4-6-18)25-24(22-10-19(29)11-23(30)26(22)31-25)16-8-17(9-16)27(33)32-12-21(13-32)35-14-20-2-1-7-34-20/h3-6,10-11,16-17,20-21,31H,1-2,7-9,12-14H2. The predicted molar refractivity (Wildman–Crippen MR) is 124 cm³/mol. The van der Waals surface area contributed by atoms with Crippen molar-refractivity contribution < 1.29 is 27.4 Å². The van der Waals surface area contributed by atoms with Gasteiger partial charge in [-0.15, -0.1) is 0 Å². The summed E-state index contributed by atoms with van der Waals surface area (Å²) in [5.41, 5.74) is 2.35. The third-order valence-electron chi connectivity index (χ3n) is 7.59. The van der Waals surface area contributed by atoms with Gasteiger partial charge in [0.2, 0.25) is 5.91 Å². The molecule has 0 spiro atoms. The highest BCUT2D eigenvalue weighted by molar-refractivity contribution is 5.92. The van der Waals surface area contributed by atoms with E-state index in [0.717, 1.165) is 31.1 Å². The molecule has 1 aliphatic carbocycles. The van der Waals surface area contributed by atoms with Gasteiger partial charge in [0.1, 0.15) is 17.5 Å². The fourth-order valence-corrected chi connectivity index (χ4v) is 5.56. The highest BCUT2D eigenvalue weighted by Gasteiger charge is 2.43. The minimum absolute atomic E-state index is 0.0215. The average Bonchev–Trinajstić information content (AvgIpc) is 3.41. The highest BCUT2D eigenvalue weighted by atomic mass is 19.1. The molecule has 184 valence electrons. The molecule has 0 bridgehead atoms. The van der Waals surface area contributed by atoms with Crippen LogP contribution in [0.3, 0.4) is 0 Å². The number of nitrogens with one attached hydrogen (secondary N) is 1. The molecule has 3 fully saturated rings. The van der Waals surface area contributed by atoms with Gasteiger partial charge >= 0.3 is 0 Å². The van der Waals surface area contributed by atoms with Crippen molar-refractivity contribution >= 4 is 16.8 Å². The minimum atomic E-state index is -0.670. The van der Waals surface area contributed by atoms with Gasteiger partial charge in [0.05, 0.1) is 30.0 Å². The number of carbonyl (C=O) groups excluding carboxylic acids is 1. The van der Waals surface area contributed by atoms with Crippen LogP contribution in [0, 0.1) is 23.4 Å². The molecule has 35 heavy (non-hydrogen) atoms. The molecule has 3 heterocycles. The van der Waals surface area contributed by atoms with E-state index in [1.807, 2.05) is 4.90 Å². The summed E-state index contributed by atoms with van der Waals surface area (Å²) in [4.78, 5) is 17.9. The number of H-pyrrole nitrogens is 1. The number of likely N-dealkylation sites (tertiary alicyclic amines) is 1. The molecule has 1 N–H and O–H groups in total. The summed E-state index contributed by atoms with van der Waals surface area (Å²) in [5.74, 6) is -1.72. The summed E-state index contributed by atoms with van der Waals surface area (Å²) in [7, 11) is 0. The van der Waals surface area contributed by atoms with Crippen LogP contribution in [0.4, 0.5) is 13.2 Å². The number of nitrogens with zero attached hydrogens (tertiary/aromatic N) is 1. The number of fused-ring (bicyclic) bond motifs is 1. The van der Waals surface area contributed by atoms with Crippen LogP contribution >= 0.6 is 0 Å². The maximum Gasteiger partial charge on any atom is 0.225 e. The number of ether oxygens (including phenoxy) is 2. The molecule has 6 rings (SSSR count). The SMILES string of the molecule is O=C(C1CC(c2c(-c3ccc(F)cc3)[nH]c3c(F)cc(F)cc23)C1)N1CC(OCC2CCCO2)C1. The van der Waals surface area contributed by atoms with Crippen LogP contribution in [0.15, 0.2) is 36.4 Å². The van der Waals surface area contributed by atoms with Crippen molar-refractivity contribution in [2.45, 2.75) is 43.8 Å². The zero-order chi connectivity index (χ0) is 24.1. The summed E-state index contributed by atoms with van der Waals surface area (Å²) in [6, 6.07) is 8.11. The lowest BCUT2D eigenvalue weighted by molar-refractivity contribution is -0.154. The molecule has 3 aromatic rings. The number of rotatable bonds is 6. The summed E-state index contributed by atoms with van der Waals surface area (Å²) in [6.07, 6.45) is 3.55. The normalized spacial score (nSPS) is 24.5. The Bertz CT molecular complexity index is 1240. The molecule has 1 atom stereocenters. The van der Waals surface area contributed by atoms with E-state index in [1.54, 1.807) is 12.1 Å². The van der Waals surface area contributed by atoms with E-state index in [0.29, 0.717) is 49.2 Å².